The number of rotatable bonds is 2. The van der Waals surface area contributed by atoms with Crippen LogP contribution in [0.3, 0.4) is 0 Å². The average molecular weight is 228 g/mol. The molecule has 0 radical (unpaired) electrons. The number of aryl methyl sites for hydroxylation is 1. The first-order valence-electron chi connectivity index (χ1n) is 5.41. The van der Waals surface area contributed by atoms with Crippen LogP contribution in [-0.2, 0) is 0 Å². The lowest BCUT2D eigenvalue weighted by atomic mass is 10.1. The number of aromatic amines is 1. The number of H-pyrrole nitrogens is 1. The van der Waals surface area contributed by atoms with Crippen LogP contribution in [0.4, 0.5) is 0 Å². The highest BCUT2D eigenvalue weighted by molar-refractivity contribution is 5.78. The van der Waals surface area contributed by atoms with Gasteiger partial charge in [0.05, 0.1) is 0 Å². The summed E-state index contributed by atoms with van der Waals surface area (Å²) in [4.78, 5) is 6.88. The van der Waals surface area contributed by atoms with E-state index in [0.29, 0.717) is 11.6 Å². The SMILES string of the molecule is Cc1ccc2oc(C(O)c3ncc[nH]3)cc2c1. The molecule has 2 aromatic heterocycles. The molecule has 1 aromatic carbocycles. The maximum absolute atomic E-state index is 10.1. The Morgan fingerprint density at radius 1 is 1.35 bits per heavy atom. The summed E-state index contributed by atoms with van der Waals surface area (Å²) in [5.74, 6) is 0.987. The van der Waals surface area contributed by atoms with Gasteiger partial charge in [0.2, 0.25) is 0 Å². The van der Waals surface area contributed by atoms with E-state index in [4.69, 9.17) is 4.42 Å². The molecule has 0 fully saturated rings. The maximum Gasteiger partial charge on any atom is 0.169 e. The van der Waals surface area contributed by atoms with Gasteiger partial charge in [-0.15, -0.1) is 0 Å². The smallest absolute Gasteiger partial charge is 0.169 e. The van der Waals surface area contributed by atoms with Gasteiger partial charge >= 0.3 is 0 Å². The molecule has 0 saturated carbocycles. The fourth-order valence-electron chi connectivity index (χ4n) is 1.88. The number of nitrogens with one attached hydrogen (secondary N) is 1. The monoisotopic (exact) mass is 228 g/mol. The highest BCUT2D eigenvalue weighted by atomic mass is 16.4. The molecule has 1 atom stereocenters. The molecule has 86 valence electrons. The lowest BCUT2D eigenvalue weighted by Crippen LogP contribution is -1.99. The molecule has 0 amide bonds. The molecule has 4 nitrogen and oxygen atoms in total. The highest BCUT2D eigenvalue weighted by Gasteiger charge is 2.17. The second-order valence-electron chi connectivity index (χ2n) is 4.07. The van der Waals surface area contributed by atoms with Crippen LogP contribution in [0.1, 0.15) is 23.3 Å². The molecule has 0 aliphatic carbocycles. The Balaban J connectivity index is 2.06. The predicted octanol–water partition coefficient (Wildman–Crippen LogP) is 2.55. The molecule has 3 rings (SSSR count). The minimum atomic E-state index is -0.849. The van der Waals surface area contributed by atoms with E-state index in [1.807, 2.05) is 31.2 Å². The summed E-state index contributed by atoms with van der Waals surface area (Å²) in [5.41, 5.74) is 1.94. The minimum Gasteiger partial charge on any atom is -0.458 e. The summed E-state index contributed by atoms with van der Waals surface area (Å²) in [6.07, 6.45) is 2.43. The van der Waals surface area contributed by atoms with Crippen molar-refractivity contribution in [3.63, 3.8) is 0 Å². The Morgan fingerprint density at radius 3 is 3.00 bits per heavy atom. The van der Waals surface area contributed by atoms with Gasteiger partial charge in [-0.1, -0.05) is 11.6 Å². The molecular formula is C13H12N2O2. The van der Waals surface area contributed by atoms with Gasteiger partial charge < -0.3 is 14.5 Å². The van der Waals surface area contributed by atoms with E-state index in [1.54, 1.807) is 12.4 Å². The number of aromatic nitrogens is 2. The van der Waals surface area contributed by atoms with Crippen molar-refractivity contribution in [2.45, 2.75) is 13.0 Å². The zero-order chi connectivity index (χ0) is 11.8. The number of fused-ring (bicyclic) bond motifs is 1. The van der Waals surface area contributed by atoms with Crippen molar-refractivity contribution in [2.24, 2.45) is 0 Å². The van der Waals surface area contributed by atoms with Crippen LogP contribution < -0.4 is 0 Å². The maximum atomic E-state index is 10.1. The number of imidazole rings is 1. The summed E-state index contributed by atoms with van der Waals surface area (Å²) in [6.45, 7) is 2.02. The van der Waals surface area contributed by atoms with Crippen molar-refractivity contribution in [3.05, 3.63) is 53.8 Å². The molecule has 0 aliphatic rings. The number of hydrogen-bond acceptors (Lipinski definition) is 3. The first kappa shape index (κ1) is 10.1. The fourth-order valence-corrected chi connectivity index (χ4v) is 1.88. The zero-order valence-electron chi connectivity index (χ0n) is 9.34. The molecule has 4 heteroatoms. The van der Waals surface area contributed by atoms with E-state index in [0.717, 1.165) is 16.5 Å². The topological polar surface area (TPSA) is 62.1 Å². The van der Waals surface area contributed by atoms with Crippen molar-refractivity contribution >= 4 is 11.0 Å². The predicted molar refractivity (Wildman–Crippen MR) is 63.6 cm³/mol. The number of furan rings is 1. The Morgan fingerprint density at radius 2 is 2.24 bits per heavy atom. The van der Waals surface area contributed by atoms with Crippen molar-refractivity contribution in [1.82, 2.24) is 9.97 Å². The lowest BCUT2D eigenvalue weighted by Gasteiger charge is -2.02. The van der Waals surface area contributed by atoms with Crippen molar-refractivity contribution < 1.29 is 9.52 Å². The van der Waals surface area contributed by atoms with Crippen molar-refractivity contribution in [2.75, 3.05) is 0 Å². The first-order valence-corrected chi connectivity index (χ1v) is 5.41. The third-order valence-electron chi connectivity index (χ3n) is 2.74. The van der Waals surface area contributed by atoms with Gasteiger partial charge in [0.1, 0.15) is 17.2 Å². The molecular weight excluding hydrogens is 216 g/mol. The summed E-state index contributed by atoms with van der Waals surface area (Å²) >= 11 is 0. The van der Waals surface area contributed by atoms with Gasteiger partial charge in [0.25, 0.3) is 0 Å². The van der Waals surface area contributed by atoms with E-state index in [-0.39, 0.29) is 0 Å². The molecule has 0 aliphatic heterocycles. The van der Waals surface area contributed by atoms with Gasteiger partial charge in [0, 0.05) is 17.8 Å². The van der Waals surface area contributed by atoms with Gasteiger partial charge in [-0.25, -0.2) is 4.98 Å². The van der Waals surface area contributed by atoms with Crippen LogP contribution in [-0.4, -0.2) is 15.1 Å². The third-order valence-corrected chi connectivity index (χ3v) is 2.74. The molecule has 17 heavy (non-hydrogen) atoms. The van der Waals surface area contributed by atoms with E-state index in [1.165, 1.54) is 0 Å². The summed E-state index contributed by atoms with van der Waals surface area (Å²) in [5, 5.41) is 11.1. The van der Waals surface area contributed by atoms with Crippen molar-refractivity contribution in [3.8, 4) is 0 Å². The lowest BCUT2D eigenvalue weighted by molar-refractivity contribution is 0.183. The van der Waals surface area contributed by atoms with Crippen LogP contribution in [0.25, 0.3) is 11.0 Å². The van der Waals surface area contributed by atoms with Crippen LogP contribution in [0.5, 0.6) is 0 Å². The Labute approximate surface area is 97.9 Å². The Kier molecular flexibility index (Phi) is 2.23. The molecule has 0 bridgehead atoms. The second kappa shape index (κ2) is 3.75. The quantitative estimate of drug-likeness (QED) is 0.708. The number of aliphatic hydroxyl groups excluding tert-OH is 1. The van der Waals surface area contributed by atoms with Gasteiger partial charge in [0.15, 0.2) is 6.10 Å². The third kappa shape index (κ3) is 1.72. The van der Waals surface area contributed by atoms with Crippen LogP contribution in [0.2, 0.25) is 0 Å². The number of benzene rings is 1. The number of hydrogen-bond donors (Lipinski definition) is 2. The molecule has 3 aromatic rings. The minimum absolute atomic E-state index is 0.487. The summed E-state index contributed by atoms with van der Waals surface area (Å²) < 4.78 is 5.60. The molecule has 2 N–H and O–H groups in total. The second-order valence-corrected chi connectivity index (χ2v) is 4.07. The van der Waals surface area contributed by atoms with E-state index in [9.17, 15) is 5.11 Å². The van der Waals surface area contributed by atoms with Crippen LogP contribution in [0, 0.1) is 6.92 Å². The number of nitrogens with zero attached hydrogens (tertiary/aromatic N) is 1. The summed E-state index contributed by atoms with van der Waals surface area (Å²) in [6, 6.07) is 7.75. The molecule has 0 saturated heterocycles. The van der Waals surface area contributed by atoms with Gasteiger partial charge in [-0.2, -0.15) is 0 Å². The average Bonchev–Trinajstić information content (AvgIpc) is 2.96. The zero-order valence-corrected chi connectivity index (χ0v) is 9.34. The number of aliphatic hydroxyl groups is 1. The highest BCUT2D eigenvalue weighted by Crippen LogP contribution is 2.27. The standard InChI is InChI=1S/C13H12N2O2/c1-8-2-3-10-9(6-8)7-11(17-10)12(16)13-14-4-5-15-13/h2-7,12,16H,1H3,(H,14,15). The molecule has 0 spiro atoms. The first-order chi connectivity index (χ1) is 8.24. The Bertz CT molecular complexity index is 641. The van der Waals surface area contributed by atoms with Crippen LogP contribution >= 0.6 is 0 Å². The van der Waals surface area contributed by atoms with E-state index in [2.05, 4.69) is 9.97 Å². The van der Waals surface area contributed by atoms with Crippen LogP contribution in [0.15, 0.2) is 41.1 Å². The Hall–Kier alpha value is -2.07. The van der Waals surface area contributed by atoms with Gasteiger partial charge in [-0.3, -0.25) is 0 Å². The largest absolute Gasteiger partial charge is 0.458 e. The molecule has 1 unspecified atom stereocenters. The van der Waals surface area contributed by atoms with E-state index < -0.39 is 6.10 Å². The normalized spacial score (nSPS) is 13.1. The summed E-state index contributed by atoms with van der Waals surface area (Å²) in [7, 11) is 0. The van der Waals surface area contributed by atoms with Crippen molar-refractivity contribution in [1.29, 1.82) is 0 Å². The molecule has 2 heterocycles. The van der Waals surface area contributed by atoms with Gasteiger partial charge in [-0.05, 0) is 25.1 Å². The fraction of sp³-hybridized carbons (Fsp3) is 0.154. The van der Waals surface area contributed by atoms with E-state index >= 15 is 0 Å².